The van der Waals surface area contributed by atoms with E-state index in [9.17, 15) is 20.1 Å². The molecule has 0 bridgehead atoms. The Morgan fingerprint density at radius 3 is 2.59 bits per heavy atom. The lowest BCUT2D eigenvalue weighted by Gasteiger charge is -2.29. The Morgan fingerprint density at radius 2 is 1.93 bits per heavy atom. The van der Waals surface area contributed by atoms with Gasteiger partial charge in [-0.1, -0.05) is 30.3 Å². The first kappa shape index (κ1) is 20.0. The summed E-state index contributed by atoms with van der Waals surface area (Å²) in [6.07, 6.45) is -5.90. The maximum absolute atomic E-state index is 12.0. The second-order valence-corrected chi connectivity index (χ2v) is 7.04. The van der Waals surface area contributed by atoms with Gasteiger partial charge >= 0.3 is 6.09 Å². The van der Waals surface area contributed by atoms with Crippen LogP contribution in [0, 0.1) is 0 Å². The van der Waals surface area contributed by atoms with Crippen molar-refractivity contribution in [2.75, 3.05) is 6.61 Å². The number of aliphatic hydroxyl groups is 3. The van der Waals surface area contributed by atoms with E-state index in [2.05, 4.69) is 5.32 Å². The predicted octanol–water partition coefficient (Wildman–Crippen LogP) is -0.128. The van der Waals surface area contributed by atoms with Crippen molar-refractivity contribution in [1.29, 1.82) is 0 Å². The first-order chi connectivity index (χ1) is 12.8. The van der Waals surface area contributed by atoms with Crippen LogP contribution in [0.1, 0.15) is 19.4 Å². The number of carbonyl (C=O) groups excluding carboxylic acids is 1. The fraction of sp³-hybridized carbons (Fsp3) is 0.611. The highest BCUT2D eigenvalue weighted by atomic mass is 16.8. The molecule has 1 aromatic carbocycles. The van der Waals surface area contributed by atoms with Crippen LogP contribution in [-0.2, 0) is 25.6 Å². The topological polar surface area (TPSA) is 127 Å². The van der Waals surface area contributed by atoms with Crippen LogP contribution >= 0.6 is 0 Å². The SMILES string of the molecule is CC1(C)O[C@H]2[C@@H]([C@H](O)[C@H](CO)NC(=O)OCc3ccccc3)OC(O)[C@H]2O1. The van der Waals surface area contributed by atoms with Crippen LogP contribution in [-0.4, -0.2) is 70.6 Å². The normalized spacial score (nSPS) is 31.1. The van der Waals surface area contributed by atoms with E-state index in [4.69, 9.17) is 18.9 Å². The van der Waals surface area contributed by atoms with E-state index in [0.717, 1.165) is 5.56 Å². The molecule has 4 N–H and O–H groups in total. The molecule has 2 fully saturated rings. The molecule has 2 aliphatic heterocycles. The molecule has 0 aliphatic carbocycles. The first-order valence-electron chi connectivity index (χ1n) is 8.76. The van der Waals surface area contributed by atoms with Gasteiger partial charge in [0.25, 0.3) is 0 Å². The standard InChI is InChI=1S/C18H25NO8/c1-18(2)26-14-13(25-16(22)15(14)27-18)12(21)11(8-20)19-17(23)24-9-10-6-4-3-5-7-10/h3-7,11-16,20-22H,8-9H2,1-2H3,(H,19,23)/t11-,12+,13+,14-,15-,16?/m0/s1. The lowest BCUT2D eigenvalue weighted by atomic mass is 10.0. The molecule has 9 nitrogen and oxygen atoms in total. The quantitative estimate of drug-likeness (QED) is 0.535. The Bertz CT molecular complexity index is 640. The monoisotopic (exact) mass is 383 g/mol. The van der Waals surface area contributed by atoms with Gasteiger partial charge in [0.1, 0.15) is 31.0 Å². The summed E-state index contributed by atoms with van der Waals surface area (Å²) >= 11 is 0. The molecule has 0 aromatic heterocycles. The summed E-state index contributed by atoms with van der Waals surface area (Å²) in [5, 5.41) is 32.6. The molecular weight excluding hydrogens is 358 g/mol. The minimum Gasteiger partial charge on any atom is -0.445 e. The van der Waals surface area contributed by atoms with Gasteiger partial charge in [-0.3, -0.25) is 0 Å². The van der Waals surface area contributed by atoms with Gasteiger partial charge in [0.2, 0.25) is 0 Å². The van der Waals surface area contributed by atoms with Gasteiger partial charge in [-0.05, 0) is 19.4 Å². The molecule has 0 radical (unpaired) electrons. The van der Waals surface area contributed by atoms with Gasteiger partial charge in [-0.15, -0.1) is 0 Å². The predicted molar refractivity (Wildman–Crippen MR) is 91.3 cm³/mol. The summed E-state index contributed by atoms with van der Waals surface area (Å²) in [4.78, 5) is 12.0. The molecule has 1 amide bonds. The summed E-state index contributed by atoms with van der Waals surface area (Å²) in [5.41, 5.74) is 0.803. The van der Waals surface area contributed by atoms with Crippen molar-refractivity contribution in [2.24, 2.45) is 0 Å². The largest absolute Gasteiger partial charge is 0.445 e. The number of fused-ring (bicyclic) bond motifs is 1. The van der Waals surface area contributed by atoms with Crippen LogP contribution in [0.15, 0.2) is 30.3 Å². The van der Waals surface area contributed by atoms with Gasteiger partial charge in [0.15, 0.2) is 12.1 Å². The molecule has 2 saturated heterocycles. The van der Waals surface area contributed by atoms with Crippen molar-refractivity contribution >= 4 is 6.09 Å². The number of carbonyl (C=O) groups is 1. The van der Waals surface area contributed by atoms with Crippen molar-refractivity contribution in [1.82, 2.24) is 5.32 Å². The third-order valence-corrected chi connectivity index (χ3v) is 4.53. The number of rotatable bonds is 6. The van der Waals surface area contributed by atoms with E-state index in [-0.39, 0.29) is 6.61 Å². The zero-order valence-electron chi connectivity index (χ0n) is 15.1. The van der Waals surface area contributed by atoms with Crippen LogP contribution in [0.25, 0.3) is 0 Å². The fourth-order valence-electron chi connectivity index (χ4n) is 3.27. The van der Waals surface area contributed by atoms with Gasteiger partial charge in [-0.25, -0.2) is 4.79 Å². The van der Waals surface area contributed by atoms with E-state index in [1.807, 2.05) is 18.2 Å². The van der Waals surface area contributed by atoms with E-state index in [0.29, 0.717) is 0 Å². The Balaban J connectivity index is 1.57. The van der Waals surface area contributed by atoms with E-state index >= 15 is 0 Å². The highest BCUT2D eigenvalue weighted by Gasteiger charge is 2.57. The molecular formula is C18H25NO8. The summed E-state index contributed by atoms with van der Waals surface area (Å²) in [7, 11) is 0. The number of ether oxygens (including phenoxy) is 4. The van der Waals surface area contributed by atoms with Crippen molar-refractivity contribution in [2.45, 2.75) is 63.0 Å². The highest BCUT2D eigenvalue weighted by molar-refractivity contribution is 5.67. The minimum atomic E-state index is -1.35. The van der Waals surface area contributed by atoms with Crippen molar-refractivity contribution in [3.8, 4) is 0 Å². The molecule has 2 aliphatic rings. The molecule has 0 spiro atoms. The molecule has 9 heteroatoms. The molecule has 2 heterocycles. The van der Waals surface area contributed by atoms with Gasteiger partial charge in [-0.2, -0.15) is 0 Å². The van der Waals surface area contributed by atoms with Crippen molar-refractivity contribution in [3.05, 3.63) is 35.9 Å². The maximum atomic E-state index is 12.0. The molecule has 3 rings (SSSR count). The number of hydrogen-bond donors (Lipinski definition) is 4. The van der Waals surface area contributed by atoms with Crippen LogP contribution in [0.4, 0.5) is 4.79 Å². The summed E-state index contributed by atoms with van der Waals surface area (Å²) in [6, 6.07) is 8.03. The summed E-state index contributed by atoms with van der Waals surface area (Å²) in [5.74, 6) is -0.936. The molecule has 1 aromatic rings. The van der Waals surface area contributed by atoms with E-state index in [1.165, 1.54) is 0 Å². The van der Waals surface area contributed by atoms with Crippen LogP contribution < -0.4 is 5.32 Å². The number of aliphatic hydroxyl groups excluding tert-OH is 3. The van der Waals surface area contributed by atoms with Crippen molar-refractivity contribution in [3.63, 3.8) is 0 Å². The van der Waals surface area contributed by atoms with Crippen LogP contribution in [0.2, 0.25) is 0 Å². The number of amides is 1. The lowest BCUT2D eigenvalue weighted by molar-refractivity contribution is -0.232. The molecule has 1 unspecified atom stereocenters. The van der Waals surface area contributed by atoms with Gasteiger partial charge in [0.05, 0.1) is 12.6 Å². The Morgan fingerprint density at radius 1 is 1.26 bits per heavy atom. The molecule has 0 saturated carbocycles. The Kier molecular flexibility index (Phi) is 5.99. The fourth-order valence-corrected chi connectivity index (χ4v) is 3.27. The smallest absolute Gasteiger partial charge is 0.407 e. The number of hydrogen-bond acceptors (Lipinski definition) is 8. The first-order valence-corrected chi connectivity index (χ1v) is 8.76. The number of benzene rings is 1. The van der Waals surface area contributed by atoms with E-state index in [1.54, 1.807) is 26.0 Å². The van der Waals surface area contributed by atoms with Gasteiger partial charge < -0.3 is 39.6 Å². The number of alkyl carbamates (subject to hydrolysis) is 1. The second-order valence-electron chi connectivity index (χ2n) is 7.04. The average Bonchev–Trinajstić information content (AvgIpc) is 3.12. The highest BCUT2D eigenvalue weighted by Crippen LogP contribution is 2.39. The van der Waals surface area contributed by atoms with Crippen LogP contribution in [0.3, 0.4) is 0 Å². The Hall–Kier alpha value is -1.75. The van der Waals surface area contributed by atoms with E-state index < -0.39 is 55.2 Å². The van der Waals surface area contributed by atoms with Crippen molar-refractivity contribution < 1.29 is 39.1 Å². The maximum Gasteiger partial charge on any atom is 0.407 e. The summed E-state index contributed by atoms with van der Waals surface area (Å²) < 4.78 is 21.7. The summed E-state index contributed by atoms with van der Waals surface area (Å²) in [6.45, 7) is 2.86. The van der Waals surface area contributed by atoms with Gasteiger partial charge in [0, 0.05) is 0 Å². The third kappa shape index (κ3) is 4.57. The number of nitrogens with one attached hydrogen (secondary N) is 1. The zero-order valence-corrected chi connectivity index (χ0v) is 15.1. The molecule has 150 valence electrons. The third-order valence-electron chi connectivity index (χ3n) is 4.53. The zero-order chi connectivity index (χ0) is 19.6. The molecule has 6 atom stereocenters. The second kappa shape index (κ2) is 8.09. The lowest BCUT2D eigenvalue weighted by Crippen LogP contribution is -2.53. The van der Waals surface area contributed by atoms with Crippen LogP contribution in [0.5, 0.6) is 0 Å². The average molecular weight is 383 g/mol. The molecule has 27 heavy (non-hydrogen) atoms. The Labute approximate surface area is 156 Å². The minimum absolute atomic E-state index is 0.0510.